The molecule has 2 N–H and O–H groups in total. The molecule has 1 unspecified atom stereocenters. The van der Waals surface area contributed by atoms with Crippen molar-refractivity contribution >= 4 is 10.8 Å². The smallest absolute Gasteiger partial charge is 0.123 e. The van der Waals surface area contributed by atoms with E-state index in [1.54, 1.807) is 0 Å². The van der Waals surface area contributed by atoms with Gasteiger partial charge in [-0.3, -0.25) is 0 Å². The Morgan fingerprint density at radius 1 is 1.24 bits per heavy atom. The van der Waals surface area contributed by atoms with Crippen molar-refractivity contribution in [2.75, 3.05) is 6.61 Å². The van der Waals surface area contributed by atoms with Crippen LogP contribution in [-0.2, 0) is 6.42 Å². The minimum absolute atomic E-state index is 0.136. The molecule has 0 fully saturated rings. The molecule has 0 amide bonds. The van der Waals surface area contributed by atoms with Crippen LogP contribution in [0.5, 0.6) is 5.75 Å². The van der Waals surface area contributed by atoms with Gasteiger partial charge in [-0.05, 0) is 36.1 Å². The van der Waals surface area contributed by atoms with Gasteiger partial charge >= 0.3 is 0 Å². The topological polar surface area (TPSA) is 59.0 Å². The summed E-state index contributed by atoms with van der Waals surface area (Å²) in [4.78, 5) is 0. The first-order chi connectivity index (χ1) is 10.3. The lowest BCUT2D eigenvalue weighted by molar-refractivity contribution is 0.309. The van der Waals surface area contributed by atoms with Crippen LogP contribution in [0, 0.1) is 11.3 Å². The average Bonchev–Trinajstić information content (AvgIpc) is 2.53. The van der Waals surface area contributed by atoms with Gasteiger partial charge in [-0.1, -0.05) is 37.3 Å². The molecule has 2 rings (SSSR count). The van der Waals surface area contributed by atoms with E-state index in [1.807, 2.05) is 18.2 Å². The fraction of sp³-hybridized carbons (Fsp3) is 0.389. The maximum atomic E-state index is 8.59. The molecular formula is C18H22N2O. The number of rotatable bonds is 7. The van der Waals surface area contributed by atoms with Crippen LogP contribution in [0.1, 0.15) is 31.7 Å². The van der Waals surface area contributed by atoms with Gasteiger partial charge in [0.05, 0.1) is 12.7 Å². The summed E-state index contributed by atoms with van der Waals surface area (Å²) in [6, 6.07) is 14.7. The van der Waals surface area contributed by atoms with E-state index < -0.39 is 0 Å². The van der Waals surface area contributed by atoms with Gasteiger partial charge < -0.3 is 10.5 Å². The monoisotopic (exact) mass is 282 g/mol. The molecule has 0 spiro atoms. The van der Waals surface area contributed by atoms with Gasteiger partial charge in [-0.15, -0.1) is 0 Å². The number of nitriles is 1. The van der Waals surface area contributed by atoms with Crippen LogP contribution in [0.25, 0.3) is 10.8 Å². The number of ether oxygens (including phenoxy) is 1. The lowest BCUT2D eigenvalue weighted by atomic mass is 9.97. The second-order valence-electron chi connectivity index (χ2n) is 5.25. The minimum Gasteiger partial charge on any atom is -0.493 e. The Bertz CT molecular complexity index is 631. The Balaban J connectivity index is 2.29. The van der Waals surface area contributed by atoms with Crippen molar-refractivity contribution in [2.45, 2.75) is 38.6 Å². The SMILES string of the molecule is CCC(N)Cc1c(OCCCC#N)ccc2ccccc12. The van der Waals surface area contributed by atoms with Gasteiger partial charge in [0.1, 0.15) is 5.75 Å². The molecule has 2 aromatic carbocycles. The number of hydrogen-bond acceptors (Lipinski definition) is 3. The third kappa shape index (κ3) is 3.96. The highest BCUT2D eigenvalue weighted by Gasteiger charge is 2.12. The molecule has 0 aromatic heterocycles. The van der Waals surface area contributed by atoms with Crippen LogP contribution in [0.4, 0.5) is 0 Å². The Morgan fingerprint density at radius 3 is 2.81 bits per heavy atom. The largest absolute Gasteiger partial charge is 0.493 e. The number of nitrogens with zero attached hydrogens (tertiary/aromatic N) is 1. The third-order valence-corrected chi connectivity index (χ3v) is 3.68. The summed E-state index contributed by atoms with van der Waals surface area (Å²) in [6.07, 6.45) is 3.03. The predicted octanol–water partition coefficient (Wildman–Crippen LogP) is 3.80. The molecule has 0 bridgehead atoms. The van der Waals surface area contributed by atoms with Gasteiger partial charge in [0.25, 0.3) is 0 Å². The second-order valence-corrected chi connectivity index (χ2v) is 5.25. The molecule has 0 radical (unpaired) electrons. The maximum absolute atomic E-state index is 8.59. The molecule has 110 valence electrons. The summed E-state index contributed by atoms with van der Waals surface area (Å²) in [5.41, 5.74) is 7.32. The van der Waals surface area contributed by atoms with E-state index in [1.165, 1.54) is 16.3 Å². The number of benzene rings is 2. The van der Waals surface area contributed by atoms with Gasteiger partial charge in [-0.2, -0.15) is 5.26 Å². The predicted molar refractivity (Wildman–Crippen MR) is 86.3 cm³/mol. The first kappa shape index (κ1) is 15.3. The van der Waals surface area contributed by atoms with Gasteiger partial charge in [0, 0.05) is 18.0 Å². The van der Waals surface area contributed by atoms with Crippen LogP contribution >= 0.6 is 0 Å². The molecule has 0 aliphatic heterocycles. The molecule has 0 saturated carbocycles. The Morgan fingerprint density at radius 2 is 2.05 bits per heavy atom. The zero-order valence-corrected chi connectivity index (χ0v) is 12.5. The molecule has 1 atom stereocenters. The minimum atomic E-state index is 0.136. The Labute approximate surface area is 126 Å². The molecule has 21 heavy (non-hydrogen) atoms. The van der Waals surface area contributed by atoms with E-state index in [2.05, 4.69) is 31.2 Å². The molecule has 0 saturated heterocycles. The standard InChI is InChI=1S/C18H22N2O/c1-2-15(20)13-17-16-8-4-3-7-14(16)9-10-18(17)21-12-6-5-11-19/h3-4,7-10,15H,2,5-6,12-13,20H2,1H3. The molecule has 0 heterocycles. The summed E-state index contributed by atoms with van der Waals surface area (Å²) in [5, 5.41) is 11.0. The fourth-order valence-electron chi connectivity index (χ4n) is 2.40. The van der Waals surface area contributed by atoms with E-state index >= 15 is 0 Å². The molecule has 0 aliphatic carbocycles. The Hall–Kier alpha value is -2.05. The van der Waals surface area contributed by atoms with Crippen molar-refractivity contribution in [3.63, 3.8) is 0 Å². The normalized spacial score (nSPS) is 12.0. The summed E-state index contributed by atoms with van der Waals surface area (Å²) in [6.45, 7) is 2.67. The van der Waals surface area contributed by atoms with Crippen molar-refractivity contribution in [1.29, 1.82) is 5.26 Å². The molecule has 0 aliphatic rings. The van der Waals surface area contributed by atoms with Crippen molar-refractivity contribution in [3.8, 4) is 11.8 Å². The number of nitrogens with two attached hydrogens (primary N) is 1. The number of fused-ring (bicyclic) bond motifs is 1. The zero-order chi connectivity index (χ0) is 15.1. The summed E-state index contributed by atoms with van der Waals surface area (Å²) in [7, 11) is 0. The van der Waals surface area contributed by atoms with E-state index in [0.29, 0.717) is 13.0 Å². The highest BCUT2D eigenvalue weighted by atomic mass is 16.5. The van der Waals surface area contributed by atoms with E-state index in [9.17, 15) is 0 Å². The molecule has 2 aromatic rings. The van der Waals surface area contributed by atoms with E-state index in [4.69, 9.17) is 15.7 Å². The highest BCUT2D eigenvalue weighted by molar-refractivity contribution is 5.87. The van der Waals surface area contributed by atoms with Gasteiger partial charge in [0.2, 0.25) is 0 Å². The lowest BCUT2D eigenvalue weighted by Gasteiger charge is -2.17. The van der Waals surface area contributed by atoms with E-state index in [0.717, 1.165) is 25.0 Å². The summed E-state index contributed by atoms with van der Waals surface area (Å²) in [5.74, 6) is 0.899. The first-order valence-corrected chi connectivity index (χ1v) is 7.52. The molecular weight excluding hydrogens is 260 g/mol. The van der Waals surface area contributed by atoms with Crippen LogP contribution in [0.3, 0.4) is 0 Å². The quantitative estimate of drug-likeness (QED) is 0.786. The van der Waals surface area contributed by atoms with Crippen LogP contribution < -0.4 is 10.5 Å². The number of unbranched alkanes of at least 4 members (excludes halogenated alkanes) is 1. The first-order valence-electron chi connectivity index (χ1n) is 7.52. The van der Waals surface area contributed by atoms with Crippen molar-refractivity contribution in [2.24, 2.45) is 5.73 Å². The zero-order valence-electron chi connectivity index (χ0n) is 12.5. The summed E-state index contributed by atoms with van der Waals surface area (Å²) < 4.78 is 5.89. The van der Waals surface area contributed by atoms with Crippen molar-refractivity contribution in [3.05, 3.63) is 42.0 Å². The third-order valence-electron chi connectivity index (χ3n) is 3.68. The van der Waals surface area contributed by atoms with Crippen molar-refractivity contribution < 1.29 is 4.74 Å². The highest BCUT2D eigenvalue weighted by Crippen LogP contribution is 2.29. The van der Waals surface area contributed by atoms with Gasteiger partial charge in [-0.25, -0.2) is 0 Å². The van der Waals surface area contributed by atoms with Crippen molar-refractivity contribution in [1.82, 2.24) is 0 Å². The Kier molecular flexibility index (Phi) is 5.59. The molecule has 3 heteroatoms. The van der Waals surface area contributed by atoms with Crippen LogP contribution in [0.15, 0.2) is 36.4 Å². The average molecular weight is 282 g/mol. The number of hydrogen-bond donors (Lipinski definition) is 1. The lowest BCUT2D eigenvalue weighted by Crippen LogP contribution is -2.22. The molecule has 3 nitrogen and oxygen atoms in total. The second kappa shape index (κ2) is 7.66. The van der Waals surface area contributed by atoms with E-state index in [-0.39, 0.29) is 6.04 Å². The van der Waals surface area contributed by atoms with Crippen LogP contribution in [0.2, 0.25) is 0 Å². The summed E-state index contributed by atoms with van der Waals surface area (Å²) >= 11 is 0. The maximum Gasteiger partial charge on any atom is 0.123 e. The fourth-order valence-corrected chi connectivity index (χ4v) is 2.40. The van der Waals surface area contributed by atoms with Gasteiger partial charge in [0.15, 0.2) is 0 Å². The van der Waals surface area contributed by atoms with Crippen LogP contribution in [-0.4, -0.2) is 12.6 Å².